The van der Waals surface area contributed by atoms with Crippen LogP contribution in [0.25, 0.3) is 0 Å². The van der Waals surface area contributed by atoms with Crippen LogP contribution < -0.4 is 20.3 Å². The third-order valence-electron chi connectivity index (χ3n) is 6.36. The fraction of sp³-hybridized carbons (Fsp3) is 0.619. The van der Waals surface area contributed by atoms with Gasteiger partial charge in [0.15, 0.2) is 18.1 Å². The molecular formula is C21H28N2O4. The molecule has 1 aromatic carbocycles. The molecule has 4 aliphatic rings. The van der Waals surface area contributed by atoms with Crippen LogP contribution in [0.1, 0.15) is 39.0 Å². The summed E-state index contributed by atoms with van der Waals surface area (Å²) in [5.74, 6) is 3.39. The normalized spacial score (nSPS) is 30.6. The maximum Gasteiger partial charge on any atom is 0.276 e. The summed E-state index contributed by atoms with van der Waals surface area (Å²) in [6.45, 7) is 2.24. The summed E-state index contributed by atoms with van der Waals surface area (Å²) in [6, 6.07) is 7.23. The summed E-state index contributed by atoms with van der Waals surface area (Å²) in [5, 5.41) is 0. The molecule has 0 radical (unpaired) electrons. The van der Waals surface area contributed by atoms with E-state index in [0.29, 0.717) is 29.9 Å². The maximum absolute atomic E-state index is 12.7. The van der Waals surface area contributed by atoms with Crippen LogP contribution in [0, 0.1) is 29.6 Å². The molecule has 0 aliphatic heterocycles. The molecule has 0 atom stereocenters. The average molecular weight is 372 g/mol. The molecule has 4 fully saturated rings. The highest BCUT2D eigenvalue weighted by atomic mass is 16.5. The fourth-order valence-corrected chi connectivity index (χ4v) is 5.59. The topological polar surface area (TPSA) is 76.7 Å². The molecule has 2 amide bonds. The van der Waals surface area contributed by atoms with Crippen LogP contribution in [0.2, 0.25) is 0 Å². The van der Waals surface area contributed by atoms with Crippen molar-refractivity contribution >= 4 is 11.8 Å². The third kappa shape index (κ3) is 3.89. The van der Waals surface area contributed by atoms with E-state index < -0.39 is 0 Å². The van der Waals surface area contributed by atoms with Crippen LogP contribution >= 0.6 is 0 Å². The van der Waals surface area contributed by atoms with Gasteiger partial charge in [-0.25, -0.2) is 0 Å². The van der Waals surface area contributed by atoms with Gasteiger partial charge in [-0.1, -0.05) is 12.1 Å². The Hall–Kier alpha value is -2.24. The largest absolute Gasteiger partial charge is 0.490 e. The van der Waals surface area contributed by atoms with E-state index in [1.54, 1.807) is 12.1 Å². The Kier molecular flexibility index (Phi) is 5.23. The molecule has 2 N–H and O–H groups in total. The lowest BCUT2D eigenvalue weighted by molar-refractivity contribution is -0.141. The van der Waals surface area contributed by atoms with Crippen molar-refractivity contribution in [3.63, 3.8) is 0 Å². The molecule has 0 unspecified atom stereocenters. The first-order valence-corrected chi connectivity index (χ1v) is 10.1. The smallest absolute Gasteiger partial charge is 0.276 e. The van der Waals surface area contributed by atoms with E-state index in [4.69, 9.17) is 9.47 Å². The molecule has 0 spiro atoms. The Morgan fingerprint density at radius 3 is 2.11 bits per heavy atom. The first-order valence-electron chi connectivity index (χ1n) is 10.1. The minimum atomic E-state index is -0.376. The maximum atomic E-state index is 12.7. The van der Waals surface area contributed by atoms with Crippen molar-refractivity contribution in [2.45, 2.75) is 39.0 Å². The molecule has 0 aromatic heterocycles. The lowest BCUT2D eigenvalue weighted by Crippen LogP contribution is -2.54. The minimum Gasteiger partial charge on any atom is -0.490 e. The standard InChI is InChI=1S/C21H28N2O4/c1-2-26-17-5-3-4-6-18(17)27-12-19(24)22-23-21(25)20-15-8-13-7-14(10-15)11-16(20)9-13/h3-6,13-16,20H,2,7-12H2,1H3,(H,22,24)(H,23,25). The molecular weight excluding hydrogens is 344 g/mol. The number of ether oxygens (including phenoxy) is 2. The van der Waals surface area contributed by atoms with E-state index in [1.807, 2.05) is 19.1 Å². The molecule has 0 heterocycles. The molecule has 4 aliphatic carbocycles. The van der Waals surface area contributed by atoms with Crippen molar-refractivity contribution in [3.05, 3.63) is 24.3 Å². The molecule has 5 rings (SSSR count). The number of hydrogen-bond acceptors (Lipinski definition) is 4. The molecule has 6 heteroatoms. The summed E-state index contributed by atoms with van der Waals surface area (Å²) in [5.41, 5.74) is 5.15. The van der Waals surface area contributed by atoms with Gasteiger partial charge >= 0.3 is 0 Å². The zero-order valence-electron chi connectivity index (χ0n) is 15.8. The van der Waals surface area contributed by atoms with E-state index in [9.17, 15) is 9.59 Å². The Labute approximate surface area is 160 Å². The van der Waals surface area contributed by atoms with E-state index in [1.165, 1.54) is 32.1 Å². The number of rotatable bonds is 6. The van der Waals surface area contributed by atoms with Crippen molar-refractivity contribution < 1.29 is 19.1 Å². The second kappa shape index (κ2) is 7.79. The van der Waals surface area contributed by atoms with E-state index in [0.717, 1.165) is 11.8 Å². The number of para-hydroxylation sites is 2. The fourth-order valence-electron chi connectivity index (χ4n) is 5.59. The number of carbonyl (C=O) groups is 2. The highest BCUT2D eigenvalue weighted by Crippen LogP contribution is 2.56. The molecule has 146 valence electrons. The van der Waals surface area contributed by atoms with Crippen LogP contribution in [0.5, 0.6) is 11.5 Å². The summed E-state index contributed by atoms with van der Waals surface area (Å²) >= 11 is 0. The number of amides is 2. The number of hydrogen-bond donors (Lipinski definition) is 2. The Morgan fingerprint density at radius 2 is 1.52 bits per heavy atom. The van der Waals surface area contributed by atoms with Crippen molar-refractivity contribution in [3.8, 4) is 11.5 Å². The number of hydrazine groups is 1. The van der Waals surface area contributed by atoms with Crippen molar-refractivity contribution in [1.29, 1.82) is 0 Å². The summed E-state index contributed by atoms with van der Waals surface area (Å²) in [6.07, 6.45) is 6.07. The van der Waals surface area contributed by atoms with Gasteiger partial charge in [0.25, 0.3) is 5.91 Å². The summed E-state index contributed by atoms with van der Waals surface area (Å²) < 4.78 is 11.0. The lowest BCUT2D eigenvalue weighted by atomic mass is 9.52. The quantitative estimate of drug-likeness (QED) is 0.753. The zero-order chi connectivity index (χ0) is 18.8. The second-order valence-electron chi connectivity index (χ2n) is 8.16. The van der Waals surface area contributed by atoms with Crippen LogP contribution in [-0.2, 0) is 9.59 Å². The predicted molar refractivity (Wildman–Crippen MR) is 99.9 cm³/mol. The number of nitrogens with one attached hydrogen (secondary N) is 2. The van der Waals surface area contributed by atoms with Gasteiger partial charge in [-0.2, -0.15) is 0 Å². The Bertz CT molecular complexity index is 677. The van der Waals surface area contributed by atoms with Crippen LogP contribution in [-0.4, -0.2) is 25.0 Å². The summed E-state index contributed by atoms with van der Waals surface area (Å²) in [4.78, 5) is 24.8. The van der Waals surface area contributed by atoms with Gasteiger partial charge in [0, 0.05) is 5.92 Å². The highest BCUT2D eigenvalue weighted by molar-refractivity contribution is 5.84. The van der Waals surface area contributed by atoms with Gasteiger partial charge in [0.1, 0.15) is 0 Å². The van der Waals surface area contributed by atoms with Gasteiger partial charge in [-0.3, -0.25) is 20.4 Å². The van der Waals surface area contributed by atoms with Crippen molar-refractivity contribution in [2.24, 2.45) is 29.6 Å². The van der Waals surface area contributed by atoms with E-state index in [2.05, 4.69) is 10.9 Å². The monoisotopic (exact) mass is 372 g/mol. The Balaban J connectivity index is 1.25. The number of carbonyl (C=O) groups excluding carboxylic acids is 2. The van der Waals surface area contributed by atoms with Gasteiger partial charge in [-0.15, -0.1) is 0 Å². The summed E-state index contributed by atoms with van der Waals surface area (Å²) in [7, 11) is 0. The SMILES string of the molecule is CCOc1ccccc1OCC(=O)NNC(=O)C1C2CC3CC(C2)CC1C3. The van der Waals surface area contributed by atoms with Crippen molar-refractivity contribution in [1.82, 2.24) is 10.9 Å². The molecule has 27 heavy (non-hydrogen) atoms. The molecule has 4 saturated carbocycles. The Morgan fingerprint density at radius 1 is 0.926 bits per heavy atom. The zero-order valence-corrected chi connectivity index (χ0v) is 15.8. The van der Waals surface area contributed by atoms with Gasteiger partial charge in [0.2, 0.25) is 5.91 Å². The first-order chi connectivity index (χ1) is 13.1. The molecule has 4 bridgehead atoms. The van der Waals surface area contributed by atoms with Crippen LogP contribution in [0.3, 0.4) is 0 Å². The molecule has 6 nitrogen and oxygen atoms in total. The van der Waals surface area contributed by atoms with Gasteiger partial charge in [-0.05, 0) is 74.8 Å². The van der Waals surface area contributed by atoms with Crippen molar-refractivity contribution in [2.75, 3.05) is 13.2 Å². The van der Waals surface area contributed by atoms with Crippen LogP contribution in [0.4, 0.5) is 0 Å². The minimum absolute atomic E-state index is 0.0353. The van der Waals surface area contributed by atoms with Gasteiger partial charge < -0.3 is 9.47 Å². The van der Waals surface area contributed by atoms with E-state index >= 15 is 0 Å². The van der Waals surface area contributed by atoms with Crippen LogP contribution in [0.15, 0.2) is 24.3 Å². The predicted octanol–water partition coefficient (Wildman–Crippen LogP) is 2.68. The van der Waals surface area contributed by atoms with E-state index in [-0.39, 0.29) is 24.3 Å². The lowest BCUT2D eigenvalue weighted by Gasteiger charge is -2.53. The highest BCUT2D eigenvalue weighted by Gasteiger charge is 2.50. The molecule has 0 saturated heterocycles. The first kappa shape index (κ1) is 18.1. The molecule has 1 aromatic rings. The average Bonchev–Trinajstić information content (AvgIpc) is 2.65. The number of benzene rings is 1. The second-order valence-corrected chi connectivity index (χ2v) is 8.16. The third-order valence-corrected chi connectivity index (χ3v) is 6.36. The van der Waals surface area contributed by atoms with Gasteiger partial charge in [0.05, 0.1) is 6.61 Å².